The largest absolute Gasteiger partial charge is 0.323 e. The van der Waals surface area contributed by atoms with Crippen LogP contribution in [0.5, 0.6) is 0 Å². The smallest absolute Gasteiger partial charge is 0.128 e. The first-order valence-electron chi connectivity index (χ1n) is 7.55. The molecule has 4 heteroatoms. The average Bonchev–Trinajstić information content (AvgIpc) is 2.81. The van der Waals surface area contributed by atoms with Crippen molar-refractivity contribution in [3.63, 3.8) is 0 Å². The molecule has 20 heavy (non-hydrogen) atoms. The summed E-state index contributed by atoms with van der Waals surface area (Å²) in [6.45, 7) is 6.73. The summed E-state index contributed by atoms with van der Waals surface area (Å²) in [5.41, 5.74) is 2.13. The highest BCUT2D eigenvalue weighted by atomic mass is 35.5. The first kappa shape index (κ1) is 13.9. The van der Waals surface area contributed by atoms with E-state index >= 15 is 0 Å². The molecule has 108 valence electrons. The van der Waals surface area contributed by atoms with Crippen LogP contribution in [0.4, 0.5) is 0 Å². The van der Waals surface area contributed by atoms with Gasteiger partial charge in [0.15, 0.2) is 0 Å². The zero-order valence-electron chi connectivity index (χ0n) is 12.4. The molecule has 1 aliphatic rings. The second-order valence-electron chi connectivity index (χ2n) is 6.16. The maximum Gasteiger partial charge on any atom is 0.128 e. The molecule has 1 saturated carbocycles. The van der Waals surface area contributed by atoms with Gasteiger partial charge in [-0.1, -0.05) is 26.7 Å². The van der Waals surface area contributed by atoms with Crippen LogP contribution in [0.15, 0.2) is 18.5 Å². The number of rotatable bonds is 2. The lowest BCUT2D eigenvalue weighted by molar-refractivity contribution is 0.186. The number of nitrogens with zero attached hydrogens (tertiary/aromatic N) is 3. The zero-order chi connectivity index (χ0) is 14.3. The Balaban J connectivity index is 2.15. The monoisotopic (exact) mass is 291 g/mol. The lowest BCUT2D eigenvalue weighted by Gasteiger charge is -2.36. The molecule has 3 rings (SSSR count). The molecule has 4 unspecified atom stereocenters. The lowest BCUT2D eigenvalue weighted by Crippen LogP contribution is -2.28. The Morgan fingerprint density at radius 1 is 1.35 bits per heavy atom. The molecule has 0 N–H and O–H groups in total. The molecule has 2 heterocycles. The molecule has 0 spiro atoms. The van der Waals surface area contributed by atoms with Crippen molar-refractivity contribution in [1.82, 2.24) is 14.5 Å². The number of pyridine rings is 1. The molecule has 0 bridgehead atoms. The minimum Gasteiger partial charge on any atom is -0.323 e. The van der Waals surface area contributed by atoms with Crippen molar-refractivity contribution in [2.45, 2.75) is 51.5 Å². The van der Waals surface area contributed by atoms with Gasteiger partial charge in [0.05, 0.1) is 17.1 Å². The highest BCUT2D eigenvalue weighted by molar-refractivity contribution is 6.20. The summed E-state index contributed by atoms with van der Waals surface area (Å²) in [5.74, 6) is 2.40. The van der Waals surface area contributed by atoms with Crippen LogP contribution in [-0.2, 0) is 0 Å². The second-order valence-corrected chi connectivity index (χ2v) is 6.81. The second kappa shape index (κ2) is 5.36. The van der Waals surface area contributed by atoms with E-state index < -0.39 is 0 Å². The molecule has 0 radical (unpaired) electrons. The van der Waals surface area contributed by atoms with E-state index in [1.807, 2.05) is 19.3 Å². The van der Waals surface area contributed by atoms with E-state index in [0.717, 1.165) is 17.3 Å². The predicted molar refractivity (Wildman–Crippen MR) is 83.0 cm³/mol. The van der Waals surface area contributed by atoms with Crippen molar-refractivity contribution in [3.05, 3.63) is 24.3 Å². The Labute approximate surface area is 125 Å². The Hall–Kier alpha value is -1.09. The van der Waals surface area contributed by atoms with Crippen LogP contribution in [-0.4, -0.2) is 14.5 Å². The minimum absolute atomic E-state index is 0.0770. The minimum atomic E-state index is -0.0770. The normalized spacial score (nSPS) is 28.7. The fourth-order valence-electron chi connectivity index (χ4n) is 3.52. The van der Waals surface area contributed by atoms with Crippen molar-refractivity contribution in [2.75, 3.05) is 0 Å². The fourth-order valence-corrected chi connectivity index (χ4v) is 3.67. The summed E-state index contributed by atoms with van der Waals surface area (Å²) in [7, 11) is 0. The maximum atomic E-state index is 6.38. The van der Waals surface area contributed by atoms with Gasteiger partial charge in [0.1, 0.15) is 11.3 Å². The summed E-state index contributed by atoms with van der Waals surface area (Å²) < 4.78 is 2.38. The van der Waals surface area contributed by atoms with E-state index in [-0.39, 0.29) is 5.38 Å². The molecule has 4 atom stereocenters. The average molecular weight is 292 g/mol. The van der Waals surface area contributed by atoms with E-state index in [0.29, 0.717) is 12.0 Å². The molecule has 0 amide bonds. The molecule has 0 saturated heterocycles. The summed E-state index contributed by atoms with van der Waals surface area (Å²) in [6, 6.07) is 2.57. The van der Waals surface area contributed by atoms with Gasteiger partial charge in [-0.25, -0.2) is 4.98 Å². The molecule has 0 aliphatic heterocycles. The molecule has 2 aromatic heterocycles. The molecular weight excluding hydrogens is 270 g/mol. The first-order chi connectivity index (χ1) is 9.59. The third-order valence-corrected chi connectivity index (χ3v) is 5.07. The van der Waals surface area contributed by atoms with Gasteiger partial charge in [0.25, 0.3) is 0 Å². The van der Waals surface area contributed by atoms with Crippen LogP contribution in [0.25, 0.3) is 11.0 Å². The van der Waals surface area contributed by atoms with Crippen molar-refractivity contribution < 1.29 is 0 Å². The Morgan fingerprint density at radius 2 is 2.15 bits per heavy atom. The zero-order valence-corrected chi connectivity index (χ0v) is 13.1. The fraction of sp³-hybridized carbons (Fsp3) is 0.625. The van der Waals surface area contributed by atoms with Crippen molar-refractivity contribution >= 4 is 22.6 Å². The van der Waals surface area contributed by atoms with Gasteiger partial charge in [0.2, 0.25) is 0 Å². The van der Waals surface area contributed by atoms with Crippen molar-refractivity contribution in [3.8, 4) is 0 Å². The summed E-state index contributed by atoms with van der Waals surface area (Å²) >= 11 is 6.38. The van der Waals surface area contributed by atoms with Crippen LogP contribution in [0.3, 0.4) is 0 Å². The third kappa shape index (κ3) is 2.22. The lowest BCUT2D eigenvalue weighted by atomic mass is 9.78. The maximum absolute atomic E-state index is 6.38. The summed E-state index contributed by atoms with van der Waals surface area (Å²) in [6.07, 6.45) is 7.52. The number of alkyl halides is 1. The van der Waals surface area contributed by atoms with E-state index in [1.54, 1.807) is 0 Å². The van der Waals surface area contributed by atoms with Crippen LogP contribution < -0.4 is 0 Å². The number of halogens is 1. The van der Waals surface area contributed by atoms with Gasteiger partial charge in [-0.15, -0.1) is 11.6 Å². The molecule has 0 aromatic carbocycles. The molecule has 1 fully saturated rings. The van der Waals surface area contributed by atoms with E-state index in [9.17, 15) is 0 Å². The van der Waals surface area contributed by atoms with Gasteiger partial charge in [0, 0.05) is 12.2 Å². The van der Waals surface area contributed by atoms with Gasteiger partial charge >= 0.3 is 0 Å². The van der Waals surface area contributed by atoms with Crippen LogP contribution in [0.1, 0.15) is 57.3 Å². The topological polar surface area (TPSA) is 30.7 Å². The molecule has 1 aliphatic carbocycles. The number of hydrogen-bond acceptors (Lipinski definition) is 2. The van der Waals surface area contributed by atoms with Crippen LogP contribution >= 0.6 is 11.6 Å². The summed E-state index contributed by atoms with van der Waals surface area (Å²) in [5, 5.41) is -0.0770. The number of imidazole rings is 1. The number of aromatic nitrogens is 3. The van der Waals surface area contributed by atoms with Gasteiger partial charge in [-0.05, 0) is 31.2 Å². The Morgan fingerprint density at radius 3 is 2.90 bits per heavy atom. The van der Waals surface area contributed by atoms with E-state index in [1.165, 1.54) is 24.8 Å². The van der Waals surface area contributed by atoms with E-state index in [2.05, 4.69) is 29.5 Å². The number of fused-ring (bicyclic) bond motifs is 1. The quantitative estimate of drug-likeness (QED) is 0.749. The molecule has 3 nitrogen and oxygen atoms in total. The highest BCUT2D eigenvalue weighted by Gasteiger charge is 2.31. The number of hydrogen-bond donors (Lipinski definition) is 0. The first-order valence-corrected chi connectivity index (χ1v) is 7.99. The highest BCUT2D eigenvalue weighted by Crippen LogP contribution is 2.41. The van der Waals surface area contributed by atoms with Crippen molar-refractivity contribution in [1.29, 1.82) is 0 Å². The van der Waals surface area contributed by atoms with Gasteiger partial charge in [-0.3, -0.25) is 4.98 Å². The van der Waals surface area contributed by atoms with Crippen molar-refractivity contribution in [2.24, 2.45) is 11.8 Å². The molecular formula is C16H22ClN3. The standard InChI is InChI=1S/C16H22ClN3/c1-10-5-4-6-14(11(10)2)20-15-7-8-18-9-13(15)19-16(20)12(3)17/h7-12,14H,4-6H2,1-3H3. The van der Waals surface area contributed by atoms with Gasteiger partial charge in [-0.2, -0.15) is 0 Å². The SMILES string of the molecule is CC(Cl)c1nc2cnccc2n1C1CCCC(C)C1C. The third-order valence-electron chi connectivity index (χ3n) is 4.87. The molecule has 2 aromatic rings. The predicted octanol–water partition coefficient (Wildman–Crippen LogP) is 4.73. The van der Waals surface area contributed by atoms with Crippen LogP contribution in [0, 0.1) is 11.8 Å². The van der Waals surface area contributed by atoms with Gasteiger partial charge < -0.3 is 4.57 Å². The van der Waals surface area contributed by atoms with E-state index in [4.69, 9.17) is 16.6 Å². The Bertz CT molecular complexity index is 605. The van der Waals surface area contributed by atoms with Crippen LogP contribution in [0.2, 0.25) is 0 Å². The Kier molecular flexibility index (Phi) is 3.72. The summed E-state index contributed by atoms with van der Waals surface area (Å²) in [4.78, 5) is 8.90.